The minimum absolute atomic E-state index is 0.102. The fourth-order valence-corrected chi connectivity index (χ4v) is 3.51. The van der Waals surface area contributed by atoms with Gasteiger partial charge in [0.25, 0.3) is 0 Å². The molecule has 1 unspecified atom stereocenters. The van der Waals surface area contributed by atoms with Crippen LogP contribution in [-0.2, 0) is 14.8 Å². The maximum absolute atomic E-state index is 12.0. The second-order valence-electron chi connectivity index (χ2n) is 5.26. The predicted molar refractivity (Wildman–Crippen MR) is 84.8 cm³/mol. The van der Waals surface area contributed by atoms with Gasteiger partial charge in [0.15, 0.2) is 0 Å². The minimum atomic E-state index is -3.52. The van der Waals surface area contributed by atoms with Crippen LogP contribution in [0.3, 0.4) is 0 Å². The molecule has 23 heavy (non-hydrogen) atoms. The van der Waals surface area contributed by atoms with E-state index in [4.69, 9.17) is 5.26 Å². The number of hydrogen-bond donors (Lipinski definition) is 2. The Balaban J connectivity index is 1.70. The quantitative estimate of drug-likeness (QED) is 0.686. The number of hydrogen-bond acceptors (Lipinski definition) is 5. The average Bonchev–Trinajstić information content (AvgIpc) is 3.04. The monoisotopic (exact) mass is 336 g/mol. The van der Waals surface area contributed by atoms with Crippen LogP contribution in [-0.4, -0.2) is 51.4 Å². The van der Waals surface area contributed by atoms with Gasteiger partial charge in [-0.25, -0.2) is 13.1 Å². The Hall–Kier alpha value is -1.95. The molecule has 1 aromatic rings. The van der Waals surface area contributed by atoms with Crippen LogP contribution in [0.15, 0.2) is 35.2 Å². The van der Waals surface area contributed by atoms with Crippen LogP contribution in [0, 0.1) is 11.3 Å². The van der Waals surface area contributed by atoms with Crippen LogP contribution in [0.1, 0.15) is 12.8 Å². The molecule has 1 atom stereocenters. The fraction of sp³-hybridized carbons (Fsp3) is 0.467. The van der Waals surface area contributed by atoms with Gasteiger partial charge in [-0.1, -0.05) is 18.2 Å². The molecule has 0 aromatic heterocycles. The number of carbonyl (C=O) groups is 1. The third-order valence-corrected chi connectivity index (χ3v) is 5.12. The van der Waals surface area contributed by atoms with Gasteiger partial charge in [-0.15, -0.1) is 0 Å². The van der Waals surface area contributed by atoms with Gasteiger partial charge in [0.2, 0.25) is 15.9 Å². The topological polar surface area (TPSA) is 102 Å². The highest BCUT2D eigenvalue weighted by Gasteiger charge is 2.27. The molecule has 2 N–H and O–H groups in total. The van der Waals surface area contributed by atoms with E-state index in [9.17, 15) is 13.2 Å². The fourth-order valence-electron chi connectivity index (χ4n) is 2.45. The van der Waals surface area contributed by atoms with Crippen molar-refractivity contribution < 1.29 is 13.2 Å². The van der Waals surface area contributed by atoms with E-state index in [-0.39, 0.29) is 29.9 Å². The molecule has 8 heteroatoms. The summed E-state index contributed by atoms with van der Waals surface area (Å²) in [5, 5.41) is 11.9. The van der Waals surface area contributed by atoms with E-state index >= 15 is 0 Å². The summed E-state index contributed by atoms with van der Waals surface area (Å²) in [6.45, 7) is 1.24. The van der Waals surface area contributed by atoms with Crippen LogP contribution >= 0.6 is 0 Å². The van der Waals surface area contributed by atoms with Gasteiger partial charge in [-0.3, -0.25) is 4.79 Å². The summed E-state index contributed by atoms with van der Waals surface area (Å²) >= 11 is 0. The lowest BCUT2D eigenvalue weighted by Gasteiger charge is -2.19. The van der Waals surface area contributed by atoms with Crippen molar-refractivity contribution in [2.45, 2.75) is 23.8 Å². The Morgan fingerprint density at radius 3 is 2.74 bits per heavy atom. The molecule has 0 spiro atoms. The first-order valence-electron chi connectivity index (χ1n) is 7.49. The Morgan fingerprint density at radius 2 is 2.04 bits per heavy atom. The Morgan fingerprint density at radius 1 is 1.30 bits per heavy atom. The molecule has 0 bridgehead atoms. The molecule has 1 aliphatic rings. The van der Waals surface area contributed by atoms with Gasteiger partial charge in [-0.2, -0.15) is 5.26 Å². The van der Waals surface area contributed by atoms with E-state index in [0.717, 1.165) is 12.8 Å². The molecule has 0 aliphatic carbocycles. The van der Waals surface area contributed by atoms with Crippen molar-refractivity contribution in [3.8, 4) is 6.07 Å². The number of nitriles is 1. The van der Waals surface area contributed by atoms with Crippen molar-refractivity contribution in [3.63, 3.8) is 0 Å². The highest BCUT2D eigenvalue weighted by molar-refractivity contribution is 7.89. The van der Waals surface area contributed by atoms with Crippen LogP contribution in [0.25, 0.3) is 0 Å². The summed E-state index contributed by atoms with van der Waals surface area (Å²) in [5.41, 5.74) is 0. The summed E-state index contributed by atoms with van der Waals surface area (Å²) in [6, 6.07) is 9.90. The number of amides is 1. The first-order chi connectivity index (χ1) is 11.0. The SMILES string of the molecule is N#CC1CCCN1C(=O)CNCCNS(=O)(=O)c1ccccc1. The lowest BCUT2D eigenvalue weighted by atomic mass is 10.2. The minimum Gasteiger partial charge on any atom is -0.326 e. The molecule has 124 valence electrons. The summed E-state index contributed by atoms with van der Waals surface area (Å²) in [4.78, 5) is 13.8. The van der Waals surface area contributed by atoms with E-state index < -0.39 is 10.0 Å². The maximum Gasteiger partial charge on any atom is 0.240 e. The Labute approximate surface area is 136 Å². The largest absolute Gasteiger partial charge is 0.326 e. The summed E-state index contributed by atoms with van der Waals surface area (Å²) in [5.74, 6) is -0.125. The van der Waals surface area contributed by atoms with Gasteiger partial charge >= 0.3 is 0 Å². The van der Waals surface area contributed by atoms with E-state index in [2.05, 4.69) is 16.1 Å². The van der Waals surface area contributed by atoms with Crippen molar-refractivity contribution in [1.82, 2.24) is 14.9 Å². The van der Waals surface area contributed by atoms with E-state index in [1.807, 2.05) is 0 Å². The van der Waals surface area contributed by atoms with E-state index in [1.165, 1.54) is 12.1 Å². The standard InChI is InChI=1S/C15H20N4O3S/c16-11-13-5-4-10-19(13)15(20)12-17-8-9-18-23(21,22)14-6-2-1-3-7-14/h1-3,6-7,13,17-18H,4-5,8-10,12H2. The molecule has 1 aliphatic heterocycles. The van der Waals surface area contributed by atoms with Gasteiger partial charge in [0.05, 0.1) is 17.5 Å². The number of nitrogens with one attached hydrogen (secondary N) is 2. The second kappa shape index (κ2) is 8.06. The maximum atomic E-state index is 12.0. The number of rotatable bonds is 7. The molecule has 0 saturated carbocycles. The third kappa shape index (κ3) is 4.76. The average molecular weight is 336 g/mol. The third-order valence-electron chi connectivity index (χ3n) is 3.65. The highest BCUT2D eigenvalue weighted by Crippen LogP contribution is 2.15. The molecule has 1 saturated heterocycles. The zero-order valence-corrected chi connectivity index (χ0v) is 13.6. The molecule has 1 fully saturated rings. The lowest BCUT2D eigenvalue weighted by Crippen LogP contribution is -2.42. The Bertz CT molecular complexity index is 670. The van der Waals surface area contributed by atoms with Gasteiger partial charge in [0.1, 0.15) is 6.04 Å². The highest BCUT2D eigenvalue weighted by atomic mass is 32.2. The predicted octanol–water partition coefficient (Wildman–Crippen LogP) is 0.0691. The van der Waals surface area contributed by atoms with Crippen molar-refractivity contribution in [1.29, 1.82) is 5.26 Å². The first kappa shape index (κ1) is 17.4. The Kier molecular flexibility index (Phi) is 6.10. The summed E-state index contributed by atoms with van der Waals surface area (Å²) < 4.78 is 26.4. The lowest BCUT2D eigenvalue weighted by molar-refractivity contribution is -0.130. The van der Waals surface area contributed by atoms with Gasteiger partial charge < -0.3 is 10.2 Å². The van der Waals surface area contributed by atoms with Crippen molar-refractivity contribution in [3.05, 3.63) is 30.3 Å². The molecule has 7 nitrogen and oxygen atoms in total. The molecule has 1 heterocycles. The van der Waals surface area contributed by atoms with Crippen LogP contribution in [0.5, 0.6) is 0 Å². The zero-order chi connectivity index (χ0) is 16.7. The zero-order valence-electron chi connectivity index (χ0n) is 12.7. The number of benzene rings is 1. The molecule has 1 aromatic carbocycles. The normalized spacial score (nSPS) is 17.9. The van der Waals surface area contributed by atoms with Crippen LogP contribution in [0.4, 0.5) is 0 Å². The van der Waals surface area contributed by atoms with Crippen molar-refractivity contribution in [2.24, 2.45) is 0 Å². The van der Waals surface area contributed by atoms with Gasteiger partial charge in [0, 0.05) is 19.6 Å². The molecular weight excluding hydrogens is 316 g/mol. The summed E-state index contributed by atoms with van der Waals surface area (Å²) in [7, 11) is -3.52. The molecule has 0 radical (unpaired) electrons. The van der Waals surface area contributed by atoms with Crippen LogP contribution < -0.4 is 10.0 Å². The second-order valence-corrected chi connectivity index (χ2v) is 7.03. The van der Waals surface area contributed by atoms with Crippen LogP contribution in [0.2, 0.25) is 0 Å². The van der Waals surface area contributed by atoms with E-state index in [0.29, 0.717) is 13.1 Å². The van der Waals surface area contributed by atoms with Gasteiger partial charge in [-0.05, 0) is 25.0 Å². The molecular formula is C15H20N4O3S. The smallest absolute Gasteiger partial charge is 0.240 e. The number of carbonyl (C=O) groups excluding carboxylic acids is 1. The molecule has 1 amide bonds. The van der Waals surface area contributed by atoms with E-state index in [1.54, 1.807) is 23.1 Å². The number of sulfonamides is 1. The summed E-state index contributed by atoms with van der Waals surface area (Å²) in [6.07, 6.45) is 1.57. The molecule has 2 rings (SSSR count). The number of nitrogens with zero attached hydrogens (tertiary/aromatic N) is 2. The van der Waals surface area contributed by atoms with Crippen molar-refractivity contribution >= 4 is 15.9 Å². The number of likely N-dealkylation sites (tertiary alicyclic amines) is 1. The first-order valence-corrected chi connectivity index (χ1v) is 8.97. The van der Waals surface area contributed by atoms with Crippen molar-refractivity contribution in [2.75, 3.05) is 26.2 Å².